The molecule has 5 aromatic heterocycles. The molecule has 3 aliphatic rings. The lowest BCUT2D eigenvalue weighted by atomic mass is 9.89. The van der Waals surface area contributed by atoms with Gasteiger partial charge in [0.2, 0.25) is 11.8 Å². The summed E-state index contributed by atoms with van der Waals surface area (Å²) in [6.07, 6.45) is 8.80. The minimum Gasteiger partial charge on any atom is -0.421 e. The molecular formula is C34H37N7O4S2. The van der Waals surface area contributed by atoms with Crippen LogP contribution in [0.25, 0.3) is 32.1 Å². The zero-order valence-corrected chi connectivity index (χ0v) is 28.3. The summed E-state index contributed by atoms with van der Waals surface area (Å²) in [5.74, 6) is 1.83. The van der Waals surface area contributed by atoms with E-state index in [-0.39, 0.29) is 34.4 Å². The lowest BCUT2D eigenvalue weighted by molar-refractivity contribution is 0.0639. The molecule has 2 atom stereocenters. The number of nitrogens with one attached hydrogen (secondary N) is 1. The van der Waals surface area contributed by atoms with Crippen LogP contribution in [0.1, 0.15) is 80.0 Å². The predicted molar refractivity (Wildman–Crippen MR) is 179 cm³/mol. The van der Waals surface area contributed by atoms with Crippen LogP contribution >= 0.6 is 11.3 Å². The summed E-state index contributed by atoms with van der Waals surface area (Å²) in [5, 5.41) is 12.2. The number of pyridine rings is 2. The number of aromatic nitrogens is 6. The number of hydrogen-bond donors (Lipinski definition) is 1. The fourth-order valence-electron chi connectivity index (χ4n) is 7.34. The number of sulfone groups is 1. The molecule has 2 aliphatic heterocycles. The van der Waals surface area contributed by atoms with E-state index in [1.165, 1.54) is 16.9 Å². The first-order valence-electron chi connectivity index (χ1n) is 16.4. The fourth-order valence-corrected chi connectivity index (χ4v) is 10.7. The lowest BCUT2D eigenvalue weighted by Gasteiger charge is -2.23. The highest BCUT2D eigenvalue weighted by molar-refractivity contribution is 7.92. The van der Waals surface area contributed by atoms with Gasteiger partial charge in [-0.2, -0.15) is 0 Å². The first-order chi connectivity index (χ1) is 22.8. The van der Waals surface area contributed by atoms with Gasteiger partial charge in [-0.3, -0.25) is 9.97 Å². The van der Waals surface area contributed by atoms with E-state index >= 15 is 0 Å². The van der Waals surface area contributed by atoms with Crippen LogP contribution in [0.3, 0.4) is 0 Å². The highest BCUT2D eigenvalue weighted by Gasteiger charge is 2.43. The maximum atomic E-state index is 14.1. The van der Waals surface area contributed by atoms with E-state index < -0.39 is 9.84 Å². The number of hydrogen-bond acceptors (Lipinski definition) is 12. The number of ether oxygens (including phenoxy) is 1. The average molecular weight is 672 g/mol. The van der Waals surface area contributed by atoms with Crippen molar-refractivity contribution in [2.75, 3.05) is 24.3 Å². The van der Waals surface area contributed by atoms with Gasteiger partial charge >= 0.3 is 0 Å². The number of nitrogens with zero attached hydrogens (tertiary/aromatic N) is 6. The highest BCUT2D eigenvalue weighted by atomic mass is 32.2. The second-order valence-electron chi connectivity index (χ2n) is 13.2. The van der Waals surface area contributed by atoms with Gasteiger partial charge in [-0.25, -0.2) is 18.4 Å². The van der Waals surface area contributed by atoms with Crippen molar-refractivity contribution < 1.29 is 17.6 Å². The van der Waals surface area contributed by atoms with Gasteiger partial charge in [0, 0.05) is 48.4 Å². The molecule has 1 aliphatic carbocycles. The molecule has 1 fully saturated rings. The summed E-state index contributed by atoms with van der Waals surface area (Å²) in [7, 11) is -3.67. The van der Waals surface area contributed by atoms with E-state index in [0.29, 0.717) is 35.1 Å². The third kappa shape index (κ3) is 5.51. The standard InChI is InChI=1S/C34H37N7O4S2/c1-18(2)22-16-47(42,43)32-29(28(34-41-40-19(3)45-34)25(38-30(22)32)7-6-20-10-13-44-14-11-20)27-15-26-31(46-27)33(37-17-36-26)39-24-9-8-23-21(24)5-4-12-35-23/h4-5,12,15,17-18,20,22,24H,6-11,13-14,16H2,1-3H3,(H,36,37,39)/t22-,24-/m1/s1. The third-order valence-electron chi connectivity index (χ3n) is 9.83. The Morgan fingerprint density at radius 1 is 1.09 bits per heavy atom. The fraction of sp³-hybridized carbons (Fsp3) is 0.471. The number of anilines is 1. The van der Waals surface area contributed by atoms with Gasteiger partial charge in [-0.05, 0) is 68.1 Å². The first kappa shape index (κ1) is 30.5. The van der Waals surface area contributed by atoms with Gasteiger partial charge in [0.15, 0.2) is 9.84 Å². The molecule has 0 unspecified atom stereocenters. The van der Waals surface area contributed by atoms with Crippen LogP contribution in [0.5, 0.6) is 0 Å². The maximum absolute atomic E-state index is 14.1. The quantitative estimate of drug-likeness (QED) is 0.193. The summed E-state index contributed by atoms with van der Waals surface area (Å²) < 4.78 is 40.8. The smallest absolute Gasteiger partial charge is 0.250 e. The molecule has 0 spiro atoms. The largest absolute Gasteiger partial charge is 0.421 e. The number of fused-ring (bicyclic) bond motifs is 3. The van der Waals surface area contributed by atoms with Crippen molar-refractivity contribution in [1.82, 2.24) is 30.1 Å². The van der Waals surface area contributed by atoms with Gasteiger partial charge in [0.05, 0.1) is 43.9 Å². The van der Waals surface area contributed by atoms with Crippen molar-refractivity contribution in [3.8, 4) is 21.9 Å². The second kappa shape index (κ2) is 12.0. The summed E-state index contributed by atoms with van der Waals surface area (Å²) in [4.78, 5) is 20.1. The van der Waals surface area contributed by atoms with E-state index in [1.54, 1.807) is 13.3 Å². The van der Waals surface area contributed by atoms with Crippen LogP contribution in [0.15, 0.2) is 40.0 Å². The van der Waals surface area contributed by atoms with E-state index in [1.807, 2.05) is 18.3 Å². The zero-order chi connectivity index (χ0) is 32.3. The van der Waals surface area contributed by atoms with Crippen LogP contribution in [0.4, 0.5) is 5.82 Å². The molecule has 13 heteroatoms. The summed E-state index contributed by atoms with van der Waals surface area (Å²) in [6, 6.07) is 6.13. The summed E-state index contributed by atoms with van der Waals surface area (Å²) >= 11 is 1.49. The van der Waals surface area contributed by atoms with Crippen LogP contribution < -0.4 is 5.32 Å². The molecule has 0 saturated carbocycles. The molecule has 8 rings (SSSR count). The highest BCUT2D eigenvalue weighted by Crippen LogP contribution is 2.51. The van der Waals surface area contributed by atoms with Crippen molar-refractivity contribution >= 4 is 37.2 Å². The Kier molecular flexibility index (Phi) is 7.80. The van der Waals surface area contributed by atoms with E-state index in [9.17, 15) is 8.42 Å². The minimum atomic E-state index is -3.67. The molecule has 0 amide bonds. The Morgan fingerprint density at radius 3 is 2.72 bits per heavy atom. The molecule has 5 aromatic rings. The van der Waals surface area contributed by atoms with Gasteiger partial charge in [-0.15, -0.1) is 21.5 Å². The Morgan fingerprint density at radius 2 is 1.94 bits per heavy atom. The molecule has 0 bridgehead atoms. The monoisotopic (exact) mass is 671 g/mol. The number of thiophene rings is 1. The average Bonchev–Trinajstić information content (AvgIpc) is 3.85. The van der Waals surface area contributed by atoms with Crippen molar-refractivity contribution in [2.45, 2.75) is 76.2 Å². The van der Waals surface area contributed by atoms with Crippen LogP contribution in [0.2, 0.25) is 0 Å². The minimum absolute atomic E-state index is 0.0261. The number of rotatable bonds is 8. The molecule has 1 saturated heterocycles. The van der Waals surface area contributed by atoms with Crippen molar-refractivity contribution in [3.05, 3.63) is 59.3 Å². The van der Waals surface area contributed by atoms with Crippen LogP contribution in [0, 0.1) is 18.8 Å². The molecule has 11 nitrogen and oxygen atoms in total. The maximum Gasteiger partial charge on any atom is 0.250 e. The van der Waals surface area contributed by atoms with Gasteiger partial charge in [0.1, 0.15) is 12.1 Å². The topological polar surface area (TPSA) is 146 Å². The van der Waals surface area contributed by atoms with E-state index in [0.717, 1.165) is 77.6 Å². The Labute approximate surface area is 277 Å². The second-order valence-corrected chi connectivity index (χ2v) is 16.2. The molecule has 0 aromatic carbocycles. The molecule has 0 radical (unpaired) electrons. The normalized spacial score (nSPS) is 20.6. The van der Waals surface area contributed by atoms with Gasteiger partial charge in [-0.1, -0.05) is 19.9 Å². The Balaban J connectivity index is 1.31. The molecule has 1 N–H and O–H groups in total. The van der Waals surface area contributed by atoms with Gasteiger partial charge in [0.25, 0.3) is 0 Å². The van der Waals surface area contributed by atoms with Crippen molar-refractivity contribution in [2.24, 2.45) is 11.8 Å². The molecule has 244 valence electrons. The SMILES string of the molecule is Cc1nnc(-c2c(CCC3CCOCC3)nc3c(c2-c2cc4ncnc(N[C@@H]5CCc6ncccc65)c4s2)S(=O)(=O)C[C@@H]3C(C)C)o1. The number of aryl methyl sites for hydroxylation is 3. The van der Waals surface area contributed by atoms with Crippen LogP contribution in [-0.2, 0) is 27.4 Å². The van der Waals surface area contributed by atoms with Gasteiger partial charge < -0.3 is 14.5 Å². The first-order valence-corrected chi connectivity index (χ1v) is 18.9. The van der Waals surface area contributed by atoms with E-state index in [2.05, 4.69) is 50.4 Å². The zero-order valence-electron chi connectivity index (χ0n) is 26.7. The Bertz CT molecular complexity index is 2090. The lowest BCUT2D eigenvalue weighted by Crippen LogP contribution is -2.17. The van der Waals surface area contributed by atoms with Crippen molar-refractivity contribution in [3.63, 3.8) is 0 Å². The van der Waals surface area contributed by atoms with Crippen LogP contribution in [-0.4, -0.2) is 57.5 Å². The summed E-state index contributed by atoms with van der Waals surface area (Å²) in [5.41, 5.74) is 5.67. The van der Waals surface area contributed by atoms with Crippen molar-refractivity contribution in [1.29, 1.82) is 0 Å². The molecule has 47 heavy (non-hydrogen) atoms. The van der Waals surface area contributed by atoms with E-state index in [4.69, 9.17) is 14.1 Å². The third-order valence-corrected chi connectivity index (χ3v) is 12.8. The molecular weight excluding hydrogens is 635 g/mol. The Hall–Kier alpha value is -3.81. The summed E-state index contributed by atoms with van der Waals surface area (Å²) in [6.45, 7) is 7.40. The predicted octanol–water partition coefficient (Wildman–Crippen LogP) is 6.49. The molecule has 7 heterocycles.